The summed E-state index contributed by atoms with van der Waals surface area (Å²) in [5.74, 6) is -0.242. The van der Waals surface area contributed by atoms with E-state index in [1.165, 1.54) is 24.4 Å². The Morgan fingerprint density at radius 1 is 1.25 bits per heavy atom. The first-order valence-corrected chi connectivity index (χ1v) is 7.48. The number of amides is 2. The van der Waals surface area contributed by atoms with E-state index in [0.29, 0.717) is 32.9 Å². The van der Waals surface area contributed by atoms with Crippen molar-refractivity contribution < 1.29 is 14.3 Å². The number of carbonyl (C=O) groups excluding carboxylic acids is 2. The Kier molecular flexibility index (Phi) is 3.24. The van der Waals surface area contributed by atoms with Gasteiger partial charge in [0.1, 0.15) is 5.75 Å². The van der Waals surface area contributed by atoms with Gasteiger partial charge in [0.05, 0.1) is 36.4 Å². The molecule has 8 heteroatoms. The first-order chi connectivity index (χ1) is 11.6. The predicted molar refractivity (Wildman–Crippen MR) is 86.1 cm³/mol. The molecule has 0 atom stereocenters. The van der Waals surface area contributed by atoms with Crippen LogP contribution in [0.5, 0.6) is 5.75 Å². The first kappa shape index (κ1) is 14.6. The number of nitrogens with one attached hydrogen (secondary N) is 1. The third-order valence-electron chi connectivity index (χ3n) is 3.99. The minimum Gasteiger partial charge on any atom is -0.496 e. The number of fused-ring (bicyclic) bond motifs is 3. The number of hydrogen-bond donors (Lipinski definition) is 1. The van der Waals surface area contributed by atoms with Crippen LogP contribution in [0.25, 0.3) is 11.0 Å². The molecule has 0 unspecified atom stereocenters. The zero-order valence-electron chi connectivity index (χ0n) is 12.5. The molecule has 3 aromatic rings. The molecule has 1 aliphatic rings. The maximum Gasteiger partial charge on any atom is 0.263 e. The lowest BCUT2D eigenvalue weighted by Gasteiger charge is -2.16. The fourth-order valence-corrected chi connectivity index (χ4v) is 2.99. The highest BCUT2D eigenvalue weighted by molar-refractivity contribution is 6.30. The van der Waals surface area contributed by atoms with E-state index in [9.17, 15) is 9.59 Å². The van der Waals surface area contributed by atoms with Crippen LogP contribution in [0.15, 0.2) is 30.6 Å². The number of nitrogens with zero attached hydrogens (tertiary/aromatic N) is 3. The second-order valence-corrected chi connectivity index (χ2v) is 5.77. The van der Waals surface area contributed by atoms with Crippen LogP contribution < -0.4 is 4.74 Å². The van der Waals surface area contributed by atoms with Crippen LogP contribution in [0.4, 0.5) is 0 Å². The summed E-state index contributed by atoms with van der Waals surface area (Å²) in [5, 5.41) is 7.63. The molecule has 1 aliphatic heterocycles. The molecule has 4 rings (SSSR count). The number of H-pyrrole nitrogens is 1. The number of benzene rings is 1. The maximum absolute atomic E-state index is 12.8. The van der Waals surface area contributed by atoms with E-state index in [0.717, 1.165) is 0 Å². The van der Waals surface area contributed by atoms with Crippen LogP contribution in [-0.4, -0.2) is 39.0 Å². The highest BCUT2D eigenvalue weighted by Gasteiger charge is 2.38. The summed E-state index contributed by atoms with van der Waals surface area (Å²) >= 11 is 5.95. The Balaban J connectivity index is 1.76. The number of methoxy groups -OCH3 is 1. The molecule has 0 radical (unpaired) electrons. The molecule has 3 heterocycles. The van der Waals surface area contributed by atoms with E-state index in [1.54, 1.807) is 18.2 Å². The van der Waals surface area contributed by atoms with Crippen molar-refractivity contribution in [3.8, 4) is 5.75 Å². The van der Waals surface area contributed by atoms with Crippen LogP contribution in [0.2, 0.25) is 5.02 Å². The smallest absolute Gasteiger partial charge is 0.263 e. The van der Waals surface area contributed by atoms with Gasteiger partial charge in [-0.1, -0.05) is 17.7 Å². The fraction of sp³-hybridized carbons (Fsp3) is 0.125. The van der Waals surface area contributed by atoms with E-state index < -0.39 is 0 Å². The van der Waals surface area contributed by atoms with Crippen molar-refractivity contribution in [2.24, 2.45) is 0 Å². The molecular weight excluding hydrogens is 332 g/mol. The molecule has 1 aromatic carbocycles. The topological polar surface area (TPSA) is 88.2 Å². The number of carbonyl (C=O) groups is 2. The maximum atomic E-state index is 12.8. The van der Waals surface area contributed by atoms with Gasteiger partial charge < -0.3 is 4.74 Å². The van der Waals surface area contributed by atoms with Crippen LogP contribution in [0.1, 0.15) is 26.3 Å². The molecular formula is C16H11ClN4O3. The van der Waals surface area contributed by atoms with Crippen molar-refractivity contribution in [1.82, 2.24) is 20.1 Å². The molecule has 0 bridgehead atoms. The highest BCUT2D eigenvalue weighted by atomic mass is 35.5. The number of halogens is 1. The van der Waals surface area contributed by atoms with Gasteiger partial charge in [0.15, 0.2) is 5.65 Å². The zero-order valence-corrected chi connectivity index (χ0v) is 13.3. The van der Waals surface area contributed by atoms with E-state index in [4.69, 9.17) is 16.3 Å². The minimum absolute atomic E-state index is 0.0893. The van der Waals surface area contributed by atoms with E-state index in [-0.39, 0.29) is 23.9 Å². The van der Waals surface area contributed by atoms with Gasteiger partial charge in [-0.3, -0.25) is 19.6 Å². The van der Waals surface area contributed by atoms with Gasteiger partial charge in [-0.05, 0) is 12.1 Å². The van der Waals surface area contributed by atoms with Crippen molar-refractivity contribution >= 4 is 34.4 Å². The summed E-state index contributed by atoms with van der Waals surface area (Å²) < 4.78 is 5.28. The summed E-state index contributed by atoms with van der Waals surface area (Å²) in [5.41, 5.74) is 1.77. The monoisotopic (exact) mass is 342 g/mol. The second-order valence-electron chi connectivity index (χ2n) is 5.33. The lowest BCUT2D eigenvalue weighted by atomic mass is 10.1. The molecule has 7 nitrogen and oxygen atoms in total. The van der Waals surface area contributed by atoms with Gasteiger partial charge in [-0.15, -0.1) is 0 Å². The lowest BCUT2D eigenvalue weighted by Crippen LogP contribution is -2.29. The summed E-state index contributed by atoms with van der Waals surface area (Å²) in [6, 6.07) is 5.06. The molecule has 1 N–H and O–H groups in total. The Hall–Kier alpha value is -2.93. The number of aromatic amines is 1. The summed E-state index contributed by atoms with van der Waals surface area (Å²) in [6.45, 7) is 0.0893. The number of pyridine rings is 1. The average molecular weight is 343 g/mol. The minimum atomic E-state index is -0.386. The summed E-state index contributed by atoms with van der Waals surface area (Å²) in [4.78, 5) is 30.7. The number of aromatic nitrogens is 3. The molecule has 0 saturated heterocycles. The van der Waals surface area contributed by atoms with Gasteiger partial charge in [0.25, 0.3) is 11.8 Å². The molecule has 120 valence electrons. The van der Waals surface area contributed by atoms with E-state index >= 15 is 0 Å². The van der Waals surface area contributed by atoms with Gasteiger partial charge in [-0.2, -0.15) is 5.10 Å². The molecule has 2 aromatic heterocycles. The molecule has 0 spiro atoms. The number of hydrogen-bond acceptors (Lipinski definition) is 5. The van der Waals surface area contributed by atoms with Crippen LogP contribution >= 0.6 is 11.6 Å². The normalized spacial score (nSPS) is 13.7. The average Bonchev–Trinajstić information content (AvgIpc) is 3.14. The SMILES string of the molecule is COc1cc(Cl)ccc1CN1C(=O)c2cnc3[nH]ncc3c2C1=O. The van der Waals surface area contributed by atoms with Crippen LogP contribution in [0.3, 0.4) is 0 Å². The number of rotatable bonds is 3. The standard InChI is InChI=1S/C16H11ClN4O3/c1-24-12-4-9(17)3-2-8(12)7-21-15(22)11-5-18-14-10(6-19-20-14)13(11)16(21)23/h2-6H,7H2,1H3,(H,18,19,20). The van der Waals surface area contributed by atoms with Crippen molar-refractivity contribution in [3.05, 3.63) is 52.3 Å². The molecule has 24 heavy (non-hydrogen) atoms. The van der Waals surface area contributed by atoms with E-state index in [2.05, 4.69) is 15.2 Å². The van der Waals surface area contributed by atoms with E-state index in [1.807, 2.05) is 0 Å². The third kappa shape index (κ3) is 2.05. The Labute approximate surface area is 141 Å². The highest BCUT2D eigenvalue weighted by Crippen LogP contribution is 2.31. The van der Waals surface area contributed by atoms with Gasteiger partial charge >= 0.3 is 0 Å². The largest absolute Gasteiger partial charge is 0.496 e. The van der Waals surface area contributed by atoms with Crippen molar-refractivity contribution in [2.75, 3.05) is 7.11 Å². The first-order valence-electron chi connectivity index (χ1n) is 7.11. The summed E-state index contributed by atoms with van der Waals surface area (Å²) in [7, 11) is 1.51. The van der Waals surface area contributed by atoms with Crippen molar-refractivity contribution in [2.45, 2.75) is 6.54 Å². The molecule has 0 aliphatic carbocycles. The second kappa shape index (κ2) is 5.31. The Morgan fingerprint density at radius 2 is 2.08 bits per heavy atom. The molecule has 0 fully saturated rings. The lowest BCUT2D eigenvalue weighted by molar-refractivity contribution is 0.0642. The van der Waals surface area contributed by atoms with Gasteiger partial charge in [0.2, 0.25) is 0 Å². The van der Waals surface area contributed by atoms with Crippen molar-refractivity contribution in [3.63, 3.8) is 0 Å². The third-order valence-corrected chi connectivity index (χ3v) is 4.23. The molecule has 0 saturated carbocycles. The van der Waals surface area contributed by atoms with Crippen molar-refractivity contribution in [1.29, 1.82) is 0 Å². The van der Waals surface area contributed by atoms with Crippen LogP contribution in [-0.2, 0) is 6.54 Å². The molecule has 2 amide bonds. The van der Waals surface area contributed by atoms with Crippen LogP contribution in [0, 0.1) is 0 Å². The number of imide groups is 1. The number of ether oxygens (including phenoxy) is 1. The quantitative estimate of drug-likeness (QED) is 0.738. The predicted octanol–water partition coefficient (Wildman–Crippen LogP) is 2.42. The zero-order chi connectivity index (χ0) is 16.8. The Morgan fingerprint density at radius 3 is 2.88 bits per heavy atom. The van der Waals surface area contributed by atoms with Gasteiger partial charge in [-0.25, -0.2) is 4.98 Å². The Bertz CT molecular complexity index is 998. The summed E-state index contributed by atoms with van der Waals surface area (Å²) in [6.07, 6.45) is 2.90. The fourth-order valence-electron chi connectivity index (χ4n) is 2.83. The van der Waals surface area contributed by atoms with Gasteiger partial charge in [0, 0.05) is 16.8 Å².